The van der Waals surface area contributed by atoms with Crippen molar-refractivity contribution >= 4 is 11.2 Å². The molecular weight excluding hydrogens is 264 g/mol. The Morgan fingerprint density at radius 3 is 2.67 bits per heavy atom. The van der Waals surface area contributed by atoms with Crippen LogP contribution in [0.1, 0.15) is 63.0 Å². The summed E-state index contributed by atoms with van der Waals surface area (Å²) in [7, 11) is 0. The van der Waals surface area contributed by atoms with Gasteiger partial charge in [-0.15, -0.1) is 0 Å². The Morgan fingerprint density at radius 2 is 1.95 bits per heavy atom. The van der Waals surface area contributed by atoms with Crippen molar-refractivity contribution in [3.8, 4) is 0 Å². The van der Waals surface area contributed by atoms with E-state index in [0.29, 0.717) is 0 Å². The molecule has 2 heterocycles. The van der Waals surface area contributed by atoms with Gasteiger partial charge in [0.05, 0.1) is 12.0 Å². The maximum Gasteiger partial charge on any atom is 0.164 e. The number of unbranched alkanes of at least 4 members (excludes halogenated alkanes) is 3. The van der Waals surface area contributed by atoms with Crippen molar-refractivity contribution < 1.29 is 5.11 Å². The lowest BCUT2D eigenvalue weighted by atomic mass is 10.0. The molecule has 0 amide bonds. The van der Waals surface area contributed by atoms with Crippen molar-refractivity contribution in [3.63, 3.8) is 0 Å². The largest absolute Gasteiger partial charge is 0.396 e. The van der Waals surface area contributed by atoms with Crippen LogP contribution in [0.4, 0.5) is 0 Å². The standard InChI is InChI=1S/C16H26N4O/c1-4-5-6-7-8-14(9-10-21)20-11-17-15-12(2)18-13(3)19-16(15)20/h11,14,21H,4-10H2,1-3H3. The van der Waals surface area contributed by atoms with Crippen LogP contribution in [0.5, 0.6) is 0 Å². The van der Waals surface area contributed by atoms with Gasteiger partial charge in [0.1, 0.15) is 11.3 Å². The molecule has 0 fully saturated rings. The summed E-state index contributed by atoms with van der Waals surface area (Å²) >= 11 is 0. The van der Waals surface area contributed by atoms with Gasteiger partial charge in [-0.1, -0.05) is 32.6 Å². The lowest BCUT2D eigenvalue weighted by molar-refractivity contribution is 0.251. The van der Waals surface area contributed by atoms with Crippen LogP contribution in [0.25, 0.3) is 11.2 Å². The Morgan fingerprint density at radius 1 is 1.14 bits per heavy atom. The minimum absolute atomic E-state index is 0.196. The fourth-order valence-electron chi connectivity index (χ4n) is 2.84. The zero-order valence-corrected chi connectivity index (χ0v) is 13.3. The summed E-state index contributed by atoms with van der Waals surface area (Å²) in [4.78, 5) is 13.4. The predicted octanol–water partition coefficient (Wildman–Crippen LogP) is 3.34. The zero-order valence-electron chi connectivity index (χ0n) is 13.3. The van der Waals surface area contributed by atoms with E-state index in [4.69, 9.17) is 0 Å². The summed E-state index contributed by atoms with van der Waals surface area (Å²) in [5.41, 5.74) is 2.69. The second-order valence-corrected chi connectivity index (χ2v) is 5.70. The van der Waals surface area contributed by atoms with Gasteiger partial charge in [-0.25, -0.2) is 15.0 Å². The molecule has 2 aromatic heterocycles. The second-order valence-electron chi connectivity index (χ2n) is 5.70. The van der Waals surface area contributed by atoms with Crippen LogP contribution in [0.3, 0.4) is 0 Å². The van der Waals surface area contributed by atoms with Gasteiger partial charge in [-0.3, -0.25) is 0 Å². The first-order chi connectivity index (χ1) is 10.2. The molecule has 0 aliphatic carbocycles. The van der Waals surface area contributed by atoms with Gasteiger partial charge in [0.2, 0.25) is 0 Å². The molecule has 0 aliphatic rings. The first-order valence-corrected chi connectivity index (χ1v) is 7.96. The van der Waals surface area contributed by atoms with Gasteiger partial charge in [0, 0.05) is 12.6 Å². The first-order valence-electron chi connectivity index (χ1n) is 7.96. The molecule has 5 nitrogen and oxygen atoms in total. The van der Waals surface area contributed by atoms with Gasteiger partial charge in [-0.2, -0.15) is 0 Å². The minimum Gasteiger partial charge on any atom is -0.396 e. The smallest absolute Gasteiger partial charge is 0.164 e. The molecule has 1 atom stereocenters. The van der Waals surface area contributed by atoms with E-state index < -0.39 is 0 Å². The molecule has 0 saturated carbocycles. The van der Waals surface area contributed by atoms with E-state index in [-0.39, 0.29) is 12.6 Å². The number of hydrogen-bond donors (Lipinski definition) is 1. The molecule has 1 unspecified atom stereocenters. The van der Waals surface area contributed by atoms with E-state index in [1.807, 2.05) is 20.2 Å². The lowest BCUT2D eigenvalue weighted by Crippen LogP contribution is -2.11. The quantitative estimate of drug-likeness (QED) is 0.757. The second kappa shape index (κ2) is 7.50. The molecule has 0 radical (unpaired) electrons. The normalized spacial score (nSPS) is 13.0. The van der Waals surface area contributed by atoms with Crippen molar-refractivity contribution in [1.29, 1.82) is 0 Å². The summed E-state index contributed by atoms with van der Waals surface area (Å²) < 4.78 is 2.12. The molecule has 0 aliphatic heterocycles. The van der Waals surface area contributed by atoms with E-state index in [9.17, 15) is 5.11 Å². The fourth-order valence-corrected chi connectivity index (χ4v) is 2.84. The monoisotopic (exact) mass is 290 g/mol. The molecule has 0 bridgehead atoms. The third-order valence-electron chi connectivity index (χ3n) is 3.95. The number of imidazole rings is 1. The molecule has 0 aromatic carbocycles. The number of rotatable bonds is 8. The highest BCUT2D eigenvalue weighted by atomic mass is 16.3. The van der Waals surface area contributed by atoms with Crippen LogP contribution < -0.4 is 0 Å². The van der Waals surface area contributed by atoms with E-state index in [0.717, 1.165) is 35.5 Å². The van der Waals surface area contributed by atoms with Gasteiger partial charge in [-0.05, 0) is 26.7 Å². The first kappa shape index (κ1) is 15.9. The third kappa shape index (κ3) is 3.79. The zero-order chi connectivity index (χ0) is 15.2. The number of fused-ring (bicyclic) bond motifs is 1. The number of aryl methyl sites for hydroxylation is 2. The summed E-state index contributed by atoms with van der Waals surface area (Å²) in [6, 6.07) is 0.269. The van der Waals surface area contributed by atoms with E-state index >= 15 is 0 Å². The Kier molecular flexibility index (Phi) is 5.67. The summed E-state index contributed by atoms with van der Waals surface area (Å²) in [5, 5.41) is 9.35. The van der Waals surface area contributed by atoms with E-state index in [1.54, 1.807) is 0 Å². The Balaban J connectivity index is 2.23. The molecule has 2 rings (SSSR count). The van der Waals surface area contributed by atoms with E-state index in [2.05, 4.69) is 26.4 Å². The SMILES string of the molecule is CCCCCCC(CCO)n1cnc2c(C)nc(C)nc21. The number of aromatic nitrogens is 4. The van der Waals surface area contributed by atoms with Gasteiger partial charge in [0.25, 0.3) is 0 Å². The molecule has 0 saturated heterocycles. The molecule has 1 N–H and O–H groups in total. The maximum atomic E-state index is 9.35. The van der Waals surface area contributed by atoms with Crippen molar-refractivity contribution in [2.45, 2.75) is 65.3 Å². The van der Waals surface area contributed by atoms with Gasteiger partial charge < -0.3 is 9.67 Å². The van der Waals surface area contributed by atoms with Crippen LogP contribution in [-0.2, 0) is 0 Å². The number of nitrogens with zero attached hydrogens (tertiary/aromatic N) is 4. The predicted molar refractivity (Wildman–Crippen MR) is 84.3 cm³/mol. The molecule has 21 heavy (non-hydrogen) atoms. The van der Waals surface area contributed by atoms with Crippen LogP contribution >= 0.6 is 0 Å². The number of hydrogen-bond acceptors (Lipinski definition) is 4. The highest BCUT2D eigenvalue weighted by Gasteiger charge is 2.16. The van der Waals surface area contributed by atoms with Crippen LogP contribution in [-0.4, -0.2) is 31.2 Å². The highest BCUT2D eigenvalue weighted by Crippen LogP contribution is 2.24. The van der Waals surface area contributed by atoms with Crippen molar-refractivity contribution in [2.24, 2.45) is 0 Å². The van der Waals surface area contributed by atoms with Crippen molar-refractivity contribution in [1.82, 2.24) is 19.5 Å². The van der Waals surface area contributed by atoms with Gasteiger partial charge in [0.15, 0.2) is 5.65 Å². The number of aliphatic hydroxyl groups excluding tert-OH is 1. The lowest BCUT2D eigenvalue weighted by Gasteiger charge is -2.18. The average Bonchev–Trinajstić information content (AvgIpc) is 2.86. The Hall–Kier alpha value is -1.49. The molecule has 5 heteroatoms. The minimum atomic E-state index is 0.196. The number of aliphatic hydroxyl groups is 1. The topological polar surface area (TPSA) is 63.8 Å². The summed E-state index contributed by atoms with van der Waals surface area (Å²) in [6.45, 7) is 6.29. The average molecular weight is 290 g/mol. The summed E-state index contributed by atoms with van der Waals surface area (Å²) in [5.74, 6) is 0.774. The molecule has 0 spiro atoms. The highest BCUT2D eigenvalue weighted by molar-refractivity contribution is 5.73. The fraction of sp³-hybridized carbons (Fsp3) is 0.688. The van der Waals surface area contributed by atoms with Crippen LogP contribution in [0.2, 0.25) is 0 Å². The Bertz CT molecular complexity index is 579. The third-order valence-corrected chi connectivity index (χ3v) is 3.95. The molecular formula is C16H26N4O. The van der Waals surface area contributed by atoms with Crippen LogP contribution in [0.15, 0.2) is 6.33 Å². The molecule has 2 aromatic rings. The van der Waals surface area contributed by atoms with Crippen molar-refractivity contribution in [3.05, 3.63) is 17.8 Å². The maximum absolute atomic E-state index is 9.35. The van der Waals surface area contributed by atoms with Gasteiger partial charge >= 0.3 is 0 Å². The summed E-state index contributed by atoms with van der Waals surface area (Å²) in [6.07, 6.45) is 8.61. The molecule has 116 valence electrons. The van der Waals surface area contributed by atoms with Crippen LogP contribution in [0, 0.1) is 13.8 Å². The Labute approximate surface area is 126 Å². The van der Waals surface area contributed by atoms with Crippen molar-refractivity contribution in [2.75, 3.05) is 6.61 Å². The van der Waals surface area contributed by atoms with E-state index in [1.165, 1.54) is 25.7 Å².